The van der Waals surface area contributed by atoms with Crippen LogP contribution in [0, 0.1) is 11.8 Å². The first kappa shape index (κ1) is 14.0. The minimum atomic E-state index is -0.293. The van der Waals surface area contributed by atoms with Crippen LogP contribution >= 0.6 is 0 Å². The van der Waals surface area contributed by atoms with Gasteiger partial charge in [0, 0.05) is 17.3 Å². The molecular weight excluding hydrogens is 228 g/mol. The van der Waals surface area contributed by atoms with Crippen molar-refractivity contribution >= 4 is 11.8 Å². The number of hydrogen-bond donors (Lipinski definition) is 3. The van der Waals surface area contributed by atoms with Gasteiger partial charge < -0.3 is 11.1 Å². The fraction of sp³-hybridized carbons (Fsp3) is 0.385. The van der Waals surface area contributed by atoms with E-state index in [-0.39, 0.29) is 11.6 Å². The molecule has 0 saturated carbocycles. The van der Waals surface area contributed by atoms with Crippen molar-refractivity contribution in [2.75, 3.05) is 11.9 Å². The van der Waals surface area contributed by atoms with Crippen LogP contribution in [0.5, 0.6) is 0 Å². The molecule has 1 rings (SSSR count). The Labute approximate surface area is 107 Å². The Morgan fingerprint density at radius 1 is 1.50 bits per heavy atom. The summed E-state index contributed by atoms with van der Waals surface area (Å²) < 4.78 is 0. The molecule has 5 nitrogen and oxygen atoms in total. The van der Waals surface area contributed by atoms with Crippen LogP contribution in [0.1, 0.15) is 26.3 Å². The van der Waals surface area contributed by atoms with Crippen LogP contribution in [-0.4, -0.2) is 23.1 Å². The molecule has 0 atom stereocenters. The van der Waals surface area contributed by atoms with Crippen molar-refractivity contribution in [2.24, 2.45) is 5.73 Å². The SMILES string of the molecule is CC(C)(C)NC(=O)Nc1cc(C#CCN)ccn1. The third-order valence-electron chi connectivity index (χ3n) is 1.82. The summed E-state index contributed by atoms with van der Waals surface area (Å²) in [5.41, 5.74) is 5.77. The highest BCUT2D eigenvalue weighted by Gasteiger charge is 2.13. The van der Waals surface area contributed by atoms with Crippen LogP contribution in [0.25, 0.3) is 0 Å². The Balaban J connectivity index is 2.70. The molecule has 0 fully saturated rings. The van der Waals surface area contributed by atoms with Gasteiger partial charge in [-0.1, -0.05) is 11.8 Å². The molecule has 0 aliphatic carbocycles. The molecule has 0 unspecified atom stereocenters. The second kappa shape index (κ2) is 6.03. The minimum Gasteiger partial charge on any atom is -0.333 e. The Morgan fingerprint density at radius 3 is 2.83 bits per heavy atom. The van der Waals surface area contributed by atoms with Gasteiger partial charge in [0.05, 0.1) is 6.54 Å². The van der Waals surface area contributed by atoms with Gasteiger partial charge in [-0.2, -0.15) is 0 Å². The smallest absolute Gasteiger partial charge is 0.320 e. The molecule has 0 spiro atoms. The molecule has 2 amide bonds. The molecule has 0 bridgehead atoms. The van der Waals surface area contributed by atoms with Gasteiger partial charge >= 0.3 is 6.03 Å². The highest BCUT2D eigenvalue weighted by molar-refractivity contribution is 5.88. The number of hydrogen-bond acceptors (Lipinski definition) is 3. The number of urea groups is 1. The molecular formula is C13H18N4O. The zero-order valence-corrected chi connectivity index (χ0v) is 10.9. The zero-order chi connectivity index (χ0) is 13.6. The number of amides is 2. The maximum Gasteiger partial charge on any atom is 0.320 e. The molecule has 0 radical (unpaired) electrons. The molecule has 4 N–H and O–H groups in total. The van der Waals surface area contributed by atoms with Gasteiger partial charge in [-0.3, -0.25) is 5.32 Å². The van der Waals surface area contributed by atoms with E-state index >= 15 is 0 Å². The van der Waals surface area contributed by atoms with Crippen LogP contribution in [0.2, 0.25) is 0 Å². The molecule has 5 heteroatoms. The minimum absolute atomic E-state index is 0.291. The fourth-order valence-corrected chi connectivity index (χ4v) is 1.22. The van der Waals surface area contributed by atoms with Crippen molar-refractivity contribution in [1.29, 1.82) is 0 Å². The van der Waals surface area contributed by atoms with E-state index in [1.165, 1.54) is 0 Å². The van der Waals surface area contributed by atoms with Crippen LogP contribution in [0.4, 0.5) is 10.6 Å². The Bertz CT molecular complexity index is 480. The lowest BCUT2D eigenvalue weighted by atomic mass is 10.1. The van der Waals surface area contributed by atoms with Crippen molar-refractivity contribution in [1.82, 2.24) is 10.3 Å². The highest BCUT2D eigenvalue weighted by Crippen LogP contribution is 2.06. The molecule has 1 aromatic heterocycles. The highest BCUT2D eigenvalue weighted by atomic mass is 16.2. The zero-order valence-electron chi connectivity index (χ0n) is 10.9. The fourth-order valence-electron chi connectivity index (χ4n) is 1.22. The second-order valence-corrected chi connectivity index (χ2v) is 4.76. The number of aromatic nitrogens is 1. The van der Waals surface area contributed by atoms with E-state index in [4.69, 9.17) is 5.73 Å². The van der Waals surface area contributed by atoms with E-state index in [2.05, 4.69) is 27.5 Å². The summed E-state index contributed by atoms with van der Waals surface area (Å²) in [4.78, 5) is 15.7. The summed E-state index contributed by atoms with van der Waals surface area (Å²) in [5, 5.41) is 5.44. The monoisotopic (exact) mass is 246 g/mol. The lowest BCUT2D eigenvalue weighted by Crippen LogP contribution is -2.43. The van der Waals surface area contributed by atoms with Crippen molar-refractivity contribution in [2.45, 2.75) is 26.3 Å². The first-order valence-electron chi connectivity index (χ1n) is 5.65. The topological polar surface area (TPSA) is 80.0 Å². The number of nitrogens with one attached hydrogen (secondary N) is 2. The maximum atomic E-state index is 11.6. The molecule has 96 valence electrons. The molecule has 0 aliphatic rings. The Morgan fingerprint density at radius 2 is 2.22 bits per heavy atom. The van der Waals surface area contributed by atoms with Gasteiger partial charge in [0.1, 0.15) is 5.82 Å². The molecule has 0 aromatic carbocycles. The van der Waals surface area contributed by atoms with Gasteiger partial charge in [0.2, 0.25) is 0 Å². The summed E-state index contributed by atoms with van der Waals surface area (Å²) in [7, 11) is 0. The first-order valence-corrected chi connectivity index (χ1v) is 5.65. The third-order valence-corrected chi connectivity index (χ3v) is 1.82. The molecule has 0 saturated heterocycles. The average molecular weight is 246 g/mol. The Hall–Kier alpha value is -2.06. The summed E-state index contributed by atoms with van der Waals surface area (Å²) in [6.07, 6.45) is 1.59. The molecule has 1 aromatic rings. The number of carbonyl (C=O) groups excluding carboxylic acids is 1. The van der Waals surface area contributed by atoms with Gasteiger partial charge in [0.15, 0.2) is 0 Å². The summed E-state index contributed by atoms with van der Waals surface area (Å²) in [6, 6.07) is 3.17. The van der Waals surface area contributed by atoms with E-state index < -0.39 is 0 Å². The summed E-state index contributed by atoms with van der Waals surface area (Å²) in [6.45, 7) is 6.02. The van der Waals surface area contributed by atoms with E-state index in [1.807, 2.05) is 20.8 Å². The van der Waals surface area contributed by atoms with Gasteiger partial charge in [0.25, 0.3) is 0 Å². The average Bonchev–Trinajstić information content (AvgIpc) is 2.24. The van der Waals surface area contributed by atoms with E-state index in [9.17, 15) is 4.79 Å². The van der Waals surface area contributed by atoms with Gasteiger partial charge in [-0.05, 0) is 32.9 Å². The number of nitrogens with zero attached hydrogens (tertiary/aromatic N) is 1. The predicted octanol–water partition coefficient (Wildman–Crippen LogP) is 1.31. The number of nitrogens with two attached hydrogens (primary N) is 1. The molecule has 1 heterocycles. The van der Waals surface area contributed by atoms with Crippen molar-refractivity contribution in [3.8, 4) is 11.8 Å². The largest absolute Gasteiger partial charge is 0.333 e. The summed E-state index contributed by atoms with van der Waals surface area (Å²) >= 11 is 0. The van der Waals surface area contributed by atoms with Gasteiger partial charge in [-0.15, -0.1) is 0 Å². The standard InChI is InChI=1S/C13H18N4O/c1-13(2,3)17-12(18)16-11-9-10(5-4-7-14)6-8-15-11/h6,8-9H,7,14H2,1-3H3,(H2,15,16,17,18). The van der Waals surface area contributed by atoms with E-state index in [0.717, 1.165) is 5.56 Å². The number of pyridine rings is 1. The van der Waals surface area contributed by atoms with Crippen LogP contribution in [-0.2, 0) is 0 Å². The van der Waals surface area contributed by atoms with Gasteiger partial charge in [-0.25, -0.2) is 9.78 Å². The van der Waals surface area contributed by atoms with E-state index in [1.54, 1.807) is 18.3 Å². The maximum absolute atomic E-state index is 11.6. The quantitative estimate of drug-likeness (QED) is 0.654. The van der Waals surface area contributed by atoms with Crippen LogP contribution in [0.15, 0.2) is 18.3 Å². The van der Waals surface area contributed by atoms with Crippen molar-refractivity contribution < 1.29 is 4.79 Å². The van der Waals surface area contributed by atoms with Crippen LogP contribution in [0.3, 0.4) is 0 Å². The third kappa shape index (κ3) is 5.32. The predicted molar refractivity (Wildman–Crippen MR) is 72.1 cm³/mol. The Kier molecular flexibility index (Phi) is 4.69. The number of anilines is 1. The molecule has 18 heavy (non-hydrogen) atoms. The second-order valence-electron chi connectivity index (χ2n) is 4.76. The first-order chi connectivity index (χ1) is 8.40. The number of carbonyl (C=O) groups is 1. The lowest BCUT2D eigenvalue weighted by molar-refractivity contribution is 0.243. The molecule has 0 aliphatic heterocycles. The van der Waals surface area contributed by atoms with Crippen molar-refractivity contribution in [3.05, 3.63) is 23.9 Å². The summed E-state index contributed by atoms with van der Waals surface area (Å²) in [5.74, 6) is 6.08. The van der Waals surface area contributed by atoms with Crippen molar-refractivity contribution in [3.63, 3.8) is 0 Å². The van der Waals surface area contributed by atoms with E-state index in [0.29, 0.717) is 12.4 Å². The lowest BCUT2D eigenvalue weighted by Gasteiger charge is -2.20. The number of rotatable bonds is 1. The van der Waals surface area contributed by atoms with Crippen LogP contribution < -0.4 is 16.4 Å². The normalized spacial score (nSPS) is 10.2.